The SMILES string of the molecule is O=S(=O)(NCC(F)F)c1ccc2nc(Cl)ccc2c1. The van der Waals surface area contributed by atoms with Crippen LogP contribution in [0.2, 0.25) is 5.15 Å². The second kappa shape index (κ2) is 5.36. The number of nitrogens with zero attached hydrogens (tertiary/aromatic N) is 1. The van der Waals surface area contributed by atoms with Gasteiger partial charge in [-0.3, -0.25) is 0 Å². The third-order valence-electron chi connectivity index (χ3n) is 2.36. The number of halogens is 3. The molecule has 2 rings (SSSR count). The Hall–Kier alpha value is -1.31. The number of alkyl halides is 2. The summed E-state index contributed by atoms with van der Waals surface area (Å²) >= 11 is 5.71. The zero-order valence-corrected chi connectivity index (χ0v) is 11.0. The summed E-state index contributed by atoms with van der Waals surface area (Å²) in [5, 5.41) is 0.850. The van der Waals surface area contributed by atoms with Crippen LogP contribution in [0.4, 0.5) is 8.78 Å². The Bertz CT molecular complexity index is 707. The number of sulfonamides is 1. The lowest BCUT2D eigenvalue weighted by Gasteiger charge is -2.07. The molecule has 0 spiro atoms. The van der Waals surface area contributed by atoms with Crippen LogP contribution in [0.25, 0.3) is 10.9 Å². The van der Waals surface area contributed by atoms with Crippen molar-refractivity contribution >= 4 is 32.5 Å². The Labute approximate surface area is 113 Å². The maximum Gasteiger partial charge on any atom is 0.251 e. The summed E-state index contributed by atoms with van der Waals surface area (Å²) < 4.78 is 49.4. The van der Waals surface area contributed by atoms with Crippen molar-refractivity contribution in [1.82, 2.24) is 9.71 Å². The lowest BCUT2D eigenvalue weighted by Crippen LogP contribution is -2.28. The van der Waals surface area contributed by atoms with Crippen molar-refractivity contribution in [2.45, 2.75) is 11.3 Å². The zero-order chi connectivity index (χ0) is 14.0. The van der Waals surface area contributed by atoms with Crippen LogP contribution in [0.1, 0.15) is 0 Å². The highest BCUT2D eigenvalue weighted by molar-refractivity contribution is 7.89. The van der Waals surface area contributed by atoms with E-state index in [1.807, 2.05) is 4.72 Å². The van der Waals surface area contributed by atoms with Crippen LogP contribution in [-0.2, 0) is 10.0 Å². The normalized spacial score (nSPS) is 12.2. The molecule has 0 saturated heterocycles. The third kappa shape index (κ3) is 3.37. The molecule has 1 aromatic heterocycles. The largest absolute Gasteiger partial charge is 0.251 e. The molecule has 0 unspecified atom stereocenters. The fourth-order valence-corrected chi connectivity index (χ4v) is 2.70. The van der Waals surface area contributed by atoms with Crippen LogP contribution in [0.3, 0.4) is 0 Å². The van der Waals surface area contributed by atoms with E-state index in [1.54, 1.807) is 6.07 Å². The Kier molecular flexibility index (Phi) is 3.98. The van der Waals surface area contributed by atoms with Crippen molar-refractivity contribution in [3.8, 4) is 0 Å². The summed E-state index contributed by atoms with van der Waals surface area (Å²) in [4.78, 5) is 3.91. The molecule has 0 fully saturated rings. The van der Waals surface area contributed by atoms with Gasteiger partial charge in [0.15, 0.2) is 0 Å². The van der Waals surface area contributed by atoms with Gasteiger partial charge in [-0.05, 0) is 30.3 Å². The van der Waals surface area contributed by atoms with Crippen LogP contribution < -0.4 is 4.72 Å². The maximum atomic E-state index is 12.0. The highest BCUT2D eigenvalue weighted by Crippen LogP contribution is 2.19. The fourth-order valence-electron chi connectivity index (χ4n) is 1.50. The number of fused-ring (bicyclic) bond motifs is 1. The van der Waals surface area contributed by atoms with Crippen molar-refractivity contribution in [3.05, 3.63) is 35.5 Å². The Morgan fingerprint density at radius 2 is 2.00 bits per heavy atom. The van der Waals surface area contributed by atoms with Crippen molar-refractivity contribution in [1.29, 1.82) is 0 Å². The van der Waals surface area contributed by atoms with Crippen LogP contribution in [-0.4, -0.2) is 26.4 Å². The van der Waals surface area contributed by atoms with E-state index < -0.39 is 23.0 Å². The molecule has 0 amide bonds. The molecule has 4 nitrogen and oxygen atoms in total. The summed E-state index contributed by atoms with van der Waals surface area (Å²) in [6, 6.07) is 7.24. The molecule has 2 aromatic rings. The van der Waals surface area contributed by atoms with Gasteiger partial charge in [0.25, 0.3) is 6.43 Å². The molecular formula is C11H9ClF2N2O2S. The van der Waals surface area contributed by atoms with E-state index in [1.165, 1.54) is 24.3 Å². The minimum atomic E-state index is -3.95. The topological polar surface area (TPSA) is 59.1 Å². The number of nitrogens with one attached hydrogen (secondary N) is 1. The molecule has 19 heavy (non-hydrogen) atoms. The van der Waals surface area contributed by atoms with Gasteiger partial charge in [0.05, 0.1) is 17.0 Å². The van der Waals surface area contributed by atoms with Gasteiger partial charge in [0, 0.05) is 5.39 Å². The first-order chi connectivity index (χ1) is 8.88. The number of hydrogen-bond donors (Lipinski definition) is 1. The van der Waals surface area contributed by atoms with E-state index in [9.17, 15) is 17.2 Å². The van der Waals surface area contributed by atoms with E-state index in [2.05, 4.69) is 4.98 Å². The summed E-state index contributed by atoms with van der Waals surface area (Å²) in [6.07, 6.45) is -2.74. The number of rotatable bonds is 4. The standard InChI is InChI=1S/C11H9ClF2N2O2S/c12-10-4-1-7-5-8(2-3-9(7)16-10)19(17,18)15-6-11(13)14/h1-5,11,15H,6H2. The quantitative estimate of drug-likeness (QED) is 0.883. The molecule has 0 bridgehead atoms. The average Bonchev–Trinajstić information content (AvgIpc) is 2.36. The molecule has 1 heterocycles. The number of aromatic nitrogens is 1. The molecule has 0 radical (unpaired) electrons. The van der Waals surface area contributed by atoms with Crippen LogP contribution in [0.15, 0.2) is 35.2 Å². The van der Waals surface area contributed by atoms with E-state index in [-0.39, 0.29) is 4.90 Å². The van der Waals surface area contributed by atoms with Crippen LogP contribution in [0.5, 0.6) is 0 Å². The van der Waals surface area contributed by atoms with E-state index >= 15 is 0 Å². The minimum Gasteiger partial charge on any atom is -0.236 e. The number of hydrogen-bond acceptors (Lipinski definition) is 3. The molecule has 1 aromatic carbocycles. The highest BCUT2D eigenvalue weighted by atomic mass is 35.5. The Balaban J connectivity index is 2.38. The number of benzene rings is 1. The third-order valence-corrected chi connectivity index (χ3v) is 4.00. The van der Waals surface area contributed by atoms with Crippen LogP contribution >= 0.6 is 11.6 Å². The van der Waals surface area contributed by atoms with Crippen molar-refractivity contribution in [2.75, 3.05) is 6.54 Å². The molecule has 102 valence electrons. The average molecular weight is 307 g/mol. The fraction of sp³-hybridized carbons (Fsp3) is 0.182. The van der Waals surface area contributed by atoms with Gasteiger partial charge in [0.1, 0.15) is 5.15 Å². The highest BCUT2D eigenvalue weighted by Gasteiger charge is 2.16. The van der Waals surface area contributed by atoms with Crippen molar-refractivity contribution in [2.24, 2.45) is 0 Å². The summed E-state index contributed by atoms with van der Waals surface area (Å²) in [6.45, 7) is -0.917. The molecule has 0 aliphatic carbocycles. The lowest BCUT2D eigenvalue weighted by atomic mass is 10.2. The molecular weight excluding hydrogens is 298 g/mol. The smallest absolute Gasteiger partial charge is 0.236 e. The van der Waals surface area contributed by atoms with Gasteiger partial charge >= 0.3 is 0 Å². The van der Waals surface area contributed by atoms with E-state index in [0.717, 1.165) is 0 Å². The first-order valence-electron chi connectivity index (χ1n) is 5.22. The predicted molar refractivity (Wildman–Crippen MR) is 67.9 cm³/mol. The second-order valence-corrected chi connectivity index (χ2v) is 5.89. The first kappa shape index (κ1) is 14.1. The van der Waals surface area contributed by atoms with E-state index in [0.29, 0.717) is 16.1 Å². The molecule has 8 heteroatoms. The minimum absolute atomic E-state index is 0.0928. The summed E-state index contributed by atoms with van der Waals surface area (Å²) in [7, 11) is -3.95. The van der Waals surface area contributed by atoms with Crippen molar-refractivity contribution < 1.29 is 17.2 Å². The molecule has 0 aliphatic rings. The van der Waals surface area contributed by atoms with Gasteiger partial charge in [-0.15, -0.1) is 0 Å². The Morgan fingerprint density at radius 3 is 2.68 bits per heavy atom. The van der Waals surface area contributed by atoms with Crippen LogP contribution in [0, 0.1) is 0 Å². The summed E-state index contributed by atoms with van der Waals surface area (Å²) in [5.41, 5.74) is 0.528. The van der Waals surface area contributed by atoms with Gasteiger partial charge < -0.3 is 0 Å². The molecule has 0 saturated carbocycles. The lowest BCUT2D eigenvalue weighted by molar-refractivity contribution is 0.153. The second-order valence-electron chi connectivity index (χ2n) is 3.73. The van der Waals surface area contributed by atoms with Gasteiger partial charge in [-0.1, -0.05) is 11.6 Å². The van der Waals surface area contributed by atoms with Gasteiger partial charge in [-0.2, -0.15) is 0 Å². The molecule has 0 atom stereocenters. The number of pyridine rings is 1. The summed E-state index contributed by atoms with van der Waals surface area (Å²) in [5.74, 6) is 0. The molecule has 1 N–H and O–H groups in total. The van der Waals surface area contributed by atoms with Gasteiger partial charge in [-0.25, -0.2) is 26.9 Å². The first-order valence-corrected chi connectivity index (χ1v) is 7.09. The van der Waals surface area contributed by atoms with Gasteiger partial charge in [0.2, 0.25) is 10.0 Å². The van der Waals surface area contributed by atoms with Crippen molar-refractivity contribution in [3.63, 3.8) is 0 Å². The monoisotopic (exact) mass is 306 g/mol. The predicted octanol–water partition coefficient (Wildman–Crippen LogP) is 2.43. The Morgan fingerprint density at radius 1 is 1.26 bits per heavy atom. The zero-order valence-electron chi connectivity index (χ0n) is 9.48. The maximum absolute atomic E-state index is 12.0. The van der Waals surface area contributed by atoms with E-state index in [4.69, 9.17) is 11.6 Å². The molecule has 0 aliphatic heterocycles.